The van der Waals surface area contributed by atoms with E-state index in [0.29, 0.717) is 17.2 Å². The van der Waals surface area contributed by atoms with Crippen LogP contribution in [0.1, 0.15) is 11.4 Å². The van der Waals surface area contributed by atoms with Gasteiger partial charge in [0, 0.05) is 11.3 Å². The van der Waals surface area contributed by atoms with Gasteiger partial charge in [-0.25, -0.2) is 9.37 Å². The fourth-order valence-corrected chi connectivity index (χ4v) is 1.56. The van der Waals surface area contributed by atoms with Gasteiger partial charge >= 0.3 is 5.97 Å². The Labute approximate surface area is 97.1 Å². The summed E-state index contributed by atoms with van der Waals surface area (Å²) >= 11 is 0. The topological polar surface area (TPSA) is 66.0 Å². The van der Waals surface area contributed by atoms with Crippen LogP contribution in [0.25, 0.3) is 11.4 Å². The van der Waals surface area contributed by atoms with Gasteiger partial charge in [0.15, 0.2) is 0 Å². The van der Waals surface area contributed by atoms with E-state index in [4.69, 9.17) is 5.11 Å². The van der Waals surface area contributed by atoms with Gasteiger partial charge in [0.2, 0.25) is 0 Å². The van der Waals surface area contributed by atoms with Crippen molar-refractivity contribution in [2.45, 2.75) is 13.3 Å². The van der Waals surface area contributed by atoms with Crippen molar-refractivity contribution >= 4 is 5.97 Å². The van der Waals surface area contributed by atoms with E-state index in [-0.39, 0.29) is 12.2 Å². The highest BCUT2D eigenvalue weighted by Crippen LogP contribution is 2.18. The molecule has 0 radical (unpaired) electrons. The predicted molar refractivity (Wildman–Crippen MR) is 60.1 cm³/mol. The van der Waals surface area contributed by atoms with E-state index in [1.165, 1.54) is 12.1 Å². The van der Waals surface area contributed by atoms with Crippen molar-refractivity contribution in [3.8, 4) is 11.4 Å². The second-order valence-electron chi connectivity index (χ2n) is 3.73. The Morgan fingerprint density at radius 2 is 2.06 bits per heavy atom. The molecular formula is C12H11FN2O2. The molecule has 4 nitrogen and oxygen atoms in total. The zero-order valence-corrected chi connectivity index (χ0v) is 9.20. The molecule has 5 heteroatoms. The zero-order chi connectivity index (χ0) is 12.4. The van der Waals surface area contributed by atoms with Gasteiger partial charge in [-0.1, -0.05) is 0 Å². The Kier molecular flexibility index (Phi) is 2.91. The summed E-state index contributed by atoms with van der Waals surface area (Å²) < 4.78 is 12.8. The van der Waals surface area contributed by atoms with E-state index < -0.39 is 5.97 Å². The lowest BCUT2D eigenvalue weighted by Gasteiger charge is -1.95. The summed E-state index contributed by atoms with van der Waals surface area (Å²) in [7, 11) is 0. The lowest BCUT2D eigenvalue weighted by atomic mass is 10.2. The third-order valence-electron chi connectivity index (χ3n) is 2.42. The number of aromatic nitrogens is 2. The molecule has 0 aliphatic carbocycles. The molecule has 0 aliphatic rings. The largest absolute Gasteiger partial charge is 0.481 e. The molecule has 0 spiro atoms. The van der Waals surface area contributed by atoms with Crippen LogP contribution in [-0.4, -0.2) is 21.0 Å². The van der Waals surface area contributed by atoms with Crippen LogP contribution in [0.5, 0.6) is 0 Å². The number of hydrogen-bond acceptors (Lipinski definition) is 2. The number of nitrogens with zero attached hydrogens (tertiary/aromatic N) is 1. The predicted octanol–water partition coefficient (Wildman–Crippen LogP) is 2.15. The molecule has 0 atom stereocenters. The van der Waals surface area contributed by atoms with Gasteiger partial charge in [0.1, 0.15) is 11.6 Å². The average molecular weight is 234 g/mol. The van der Waals surface area contributed by atoms with Crippen LogP contribution in [-0.2, 0) is 11.2 Å². The van der Waals surface area contributed by atoms with Gasteiger partial charge in [-0.3, -0.25) is 4.79 Å². The van der Waals surface area contributed by atoms with E-state index in [0.717, 1.165) is 5.56 Å². The molecule has 0 saturated carbocycles. The highest BCUT2D eigenvalue weighted by molar-refractivity contribution is 5.70. The number of aryl methyl sites for hydroxylation is 1. The summed E-state index contributed by atoms with van der Waals surface area (Å²) in [6.45, 7) is 1.76. The SMILES string of the molecule is Cc1[nH]c(-c2ccc(F)cc2)nc1CC(=O)O. The van der Waals surface area contributed by atoms with Crippen molar-refractivity contribution in [2.75, 3.05) is 0 Å². The quantitative estimate of drug-likeness (QED) is 0.855. The number of carbonyl (C=O) groups is 1. The van der Waals surface area contributed by atoms with Crippen LogP contribution < -0.4 is 0 Å². The number of halogens is 1. The Balaban J connectivity index is 2.34. The van der Waals surface area contributed by atoms with Crippen LogP contribution in [0.4, 0.5) is 4.39 Å². The van der Waals surface area contributed by atoms with E-state index in [9.17, 15) is 9.18 Å². The fraction of sp³-hybridized carbons (Fsp3) is 0.167. The number of imidazole rings is 1. The minimum Gasteiger partial charge on any atom is -0.481 e. The van der Waals surface area contributed by atoms with Gasteiger partial charge in [0.25, 0.3) is 0 Å². The van der Waals surface area contributed by atoms with E-state index in [1.54, 1.807) is 19.1 Å². The number of rotatable bonds is 3. The minimum atomic E-state index is -0.926. The lowest BCUT2D eigenvalue weighted by molar-refractivity contribution is -0.136. The van der Waals surface area contributed by atoms with Crippen LogP contribution in [0.3, 0.4) is 0 Å². The van der Waals surface area contributed by atoms with Crippen LogP contribution in [0.15, 0.2) is 24.3 Å². The van der Waals surface area contributed by atoms with Crippen molar-refractivity contribution in [1.82, 2.24) is 9.97 Å². The van der Waals surface area contributed by atoms with E-state index in [1.807, 2.05) is 0 Å². The number of carboxylic acid groups (broad SMARTS) is 1. The van der Waals surface area contributed by atoms with Crippen molar-refractivity contribution in [3.05, 3.63) is 41.5 Å². The maximum atomic E-state index is 12.8. The Hall–Kier alpha value is -2.17. The van der Waals surface area contributed by atoms with Crippen LogP contribution in [0, 0.1) is 12.7 Å². The summed E-state index contributed by atoms with van der Waals surface area (Å²) in [6, 6.07) is 5.87. The van der Waals surface area contributed by atoms with Gasteiger partial charge < -0.3 is 10.1 Å². The first-order chi connectivity index (χ1) is 8.06. The average Bonchev–Trinajstić information content (AvgIpc) is 2.60. The summed E-state index contributed by atoms with van der Waals surface area (Å²) in [4.78, 5) is 17.8. The smallest absolute Gasteiger partial charge is 0.309 e. The maximum absolute atomic E-state index is 12.8. The Bertz CT molecular complexity index is 546. The zero-order valence-electron chi connectivity index (χ0n) is 9.20. The standard InChI is InChI=1S/C12H11FN2O2/c1-7-10(6-11(16)17)15-12(14-7)8-2-4-9(13)5-3-8/h2-5H,6H2,1H3,(H,14,15)(H,16,17). The summed E-state index contributed by atoms with van der Waals surface area (Å²) in [5.74, 6) is -0.688. The second kappa shape index (κ2) is 4.37. The number of benzene rings is 1. The van der Waals surface area contributed by atoms with E-state index in [2.05, 4.69) is 9.97 Å². The summed E-state index contributed by atoms with van der Waals surface area (Å²) in [5.41, 5.74) is 1.94. The molecule has 0 bridgehead atoms. The van der Waals surface area contributed by atoms with Gasteiger partial charge in [-0.15, -0.1) is 0 Å². The normalized spacial score (nSPS) is 10.5. The molecule has 1 aromatic heterocycles. The molecule has 0 fully saturated rings. The molecule has 1 heterocycles. The molecule has 2 N–H and O–H groups in total. The van der Waals surface area contributed by atoms with Gasteiger partial charge in [-0.05, 0) is 31.2 Å². The van der Waals surface area contributed by atoms with Crippen molar-refractivity contribution in [3.63, 3.8) is 0 Å². The van der Waals surface area contributed by atoms with Crippen LogP contribution in [0.2, 0.25) is 0 Å². The third-order valence-corrected chi connectivity index (χ3v) is 2.42. The fourth-order valence-electron chi connectivity index (χ4n) is 1.56. The Morgan fingerprint density at radius 3 is 2.65 bits per heavy atom. The molecule has 1 aromatic carbocycles. The molecule has 2 rings (SSSR count). The monoisotopic (exact) mass is 234 g/mol. The molecule has 2 aromatic rings. The van der Waals surface area contributed by atoms with Crippen LogP contribution >= 0.6 is 0 Å². The number of hydrogen-bond donors (Lipinski definition) is 2. The van der Waals surface area contributed by atoms with Crippen molar-refractivity contribution in [1.29, 1.82) is 0 Å². The van der Waals surface area contributed by atoms with Crippen molar-refractivity contribution < 1.29 is 14.3 Å². The molecule has 0 saturated heterocycles. The number of carboxylic acids is 1. The number of nitrogens with one attached hydrogen (secondary N) is 1. The minimum absolute atomic E-state index is 0.121. The first-order valence-corrected chi connectivity index (χ1v) is 5.09. The van der Waals surface area contributed by atoms with E-state index >= 15 is 0 Å². The molecule has 88 valence electrons. The number of H-pyrrole nitrogens is 1. The highest BCUT2D eigenvalue weighted by Gasteiger charge is 2.11. The first-order valence-electron chi connectivity index (χ1n) is 5.09. The molecular weight excluding hydrogens is 223 g/mol. The van der Waals surface area contributed by atoms with Crippen molar-refractivity contribution in [2.24, 2.45) is 0 Å². The third kappa shape index (κ3) is 2.50. The second-order valence-corrected chi connectivity index (χ2v) is 3.73. The van der Waals surface area contributed by atoms with Gasteiger partial charge in [-0.2, -0.15) is 0 Å². The Morgan fingerprint density at radius 1 is 1.41 bits per heavy atom. The van der Waals surface area contributed by atoms with Gasteiger partial charge in [0.05, 0.1) is 12.1 Å². The number of aromatic amines is 1. The molecule has 17 heavy (non-hydrogen) atoms. The summed E-state index contributed by atoms with van der Waals surface area (Å²) in [5, 5.41) is 8.70. The first kappa shape index (κ1) is 11.3. The maximum Gasteiger partial charge on any atom is 0.309 e. The lowest BCUT2D eigenvalue weighted by Crippen LogP contribution is -2.01. The number of aliphatic carboxylic acids is 1. The molecule has 0 aliphatic heterocycles. The highest BCUT2D eigenvalue weighted by atomic mass is 19.1. The summed E-state index contributed by atoms with van der Waals surface area (Å²) in [6.07, 6.45) is -0.121. The molecule has 0 unspecified atom stereocenters. The molecule has 0 amide bonds.